The van der Waals surface area contributed by atoms with Crippen LogP contribution in [0.5, 0.6) is 0 Å². The summed E-state index contributed by atoms with van der Waals surface area (Å²) in [6.45, 7) is 2.82. The highest BCUT2D eigenvalue weighted by atomic mass is 16.6. The fourth-order valence-corrected chi connectivity index (χ4v) is 2.46. The van der Waals surface area contributed by atoms with Gasteiger partial charge in [0.25, 0.3) is 5.69 Å². The van der Waals surface area contributed by atoms with Gasteiger partial charge >= 0.3 is 0 Å². The van der Waals surface area contributed by atoms with Crippen molar-refractivity contribution in [2.24, 2.45) is 5.92 Å². The zero-order valence-electron chi connectivity index (χ0n) is 8.77. The molecular weight excluding hydrogens is 206 g/mol. The van der Waals surface area contributed by atoms with Crippen LogP contribution in [0.25, 0.3) is 0 Å². The van der Waals surface area contributed by atoms with Gasteiger partial charge in [-0.3, -0.25) is 10.1 Å². The van der Waals surface area contributed by atoms with Crippen LogP contribution in [0.1, 0.15) is 17.2 Å². The third-order valence-corrected chi connectivity index (χ3v) is 3.47. The Morgan fingerprint density at radius 3 is 2.81 bits per heavy atom. The number of rotatable bonds is 2. The summed E-state index contributed by atoms with van der Waals surface area (Å²) in [6.07, 6.45) is 0. The standard InChI is InChI=1S/C11H13N3O2/c15-14(16)9-1-2-10-7(3-9)6-13-11(10)8-4-12-5-8/h1-3,8,11-13H,4-6H2. The maximum Gasteiger partial charge on any atom is 0.269 e. The van der Waals surface area contributed by atoms with Crippen molar-refractivity contribution in [2.45, 2.75) is 12.6 Å². The van der Waals surface area contributed by atoms with Gasteiger partial charge in [-0.2, -0.15) is 0 Å². The molecule has 1 aromatic carbocycles. The van der Waals surface area contributed by atoms with E-state index in [4.69, 9.17) is 0 Å². The Morgan fingerprint density at radius 2 is 2.19 bits per heavy atom. The fourth-order valence-electron chi connectivity index (χ4n) is 2.46. The normalized spacial score (nSPS) is 23.9. The van der Waals surface area contributed by atoms with Crippen LogP contribution in [0.2, 0.25) is 0 Å². The van der Waals surface area contributed by atoms with E-state index in [1.165, 1.54) is 5.56 Å². The van der Waals surface area contributed by atoms with E-state index in [1.807, 2.05) is 6.07 Å². The largest absolute Gasteiger partial charge is 0.316 e. The summed E-state index contributed by atoms with van der Waals surface area (Å²) in [4.78, 5) is 10.3. The lowest BCUT2D eigenvalue weighted by Gasteiger charge is -2.33. The predicted octanol–water partition coefficient (Wildman–Crippen LogP) is 0.959. The van der Waals surface area contributed by atoms with Crippen molar-refractivity contribution >= 4 is 5.69 Å². The molecule has 16 heavy (non-hydrogen) atoms. The molecule has 0 saturated carbocycles. The molecule has 5 nitrogen and oxygen atoms in total. The third-order valence-electron chi connectivity index (χ3n) is 3.47. The molecule has 2 aliphatic rings. The van der Waals surface area contributed by atoms with E-state index in [9.17, 15) is 10.1 Å². The second-order valence-corrected chi connectivity index (χ2v) is 4.42. The lowest BCUT2D eigenvalue weighted by Crippen LogP contribution is -2.47. The molecule has 0 radical (unpaired) electrons. The number of hydrogen-bond acceptors (Lipinski definition) is 4. The number of benzene rings is 1. The van der Waals surface area contributed by atoms with E-state index in [-0.39, 0.29) is 10.6 Å². The quantitative estimate of drug-likeness (QED) is 0.574. The number of nitrogens with zero attached hydrogens (tertiary/aromatic N) is 1. The molecule has 0 aliphatic carbocycles. The van der Waals surface area contributed by atoms with E-state index >= 15 is 0 Å². The molecule has 0 aromatic heterocycles. The highest BCUT2D eigenvalue weighted by molar-refractivity contribution is 5.44. The van der Waals surface area contributed by atoms with Gasteiger partial charge < -0.3 is 10.6 Å². The lowest BCUT2D eigenvalue weighted by molar-refractivity contribution is -0.384. The summed E-state index contributed by atoms with van der Waals surface area (Å²) in [6, 6.07) is 5.56. The van der Waals surface area contributed by atoms with Gasteiger partial charge in [-0.05, 0) is 11.1 Å². The van der Waals surface area contributed by atoms with Crippen LogP contribution >= 0.6 is 0 Å². The van der Waals surface area contributed by atoms with Crippen LogP contribution in [0, 0.1) is 16.0 Å². The van der Waals surface area contributed by atoms with Gasteiger partial charge in [0.15, 0.2) is 0 Å². The van der Waals surface area contributed by atoms with Gasteiger partial charge in [0.2, 0.25) is 0 Å². The number of nitro groups is 1. The topological polar surface area (TPSA) is 67.2 Å². The third kappa shape index (κ3) is 1.40. The molecule has 2 N–H and O–H groups in total. The van der Waals surface area contributed by atoms with Crippen molar-refractivity contribution in [2.75, 3.05) is 13.1 Å². The average Bonchev–Trinajstić information content (AvgIpc) is 2.59. The summed E-state index contributed by atoms with van der Waals surface area (Å²) in [5.41, 5.74) is 2.50. The van der Waals surface area contributed by atoms with Crippen LogP contribution < -0.4 is 10.6 Å². The first-order chi connectivity index (χ1) is 7.75. The maximum atomic E-state index is 10.7. The molecular formula is C11H13N3O2. The minimum absolute atomic E-state index is 0.188. The summed E-state index contributed by atoms with van der Waals surface area (Å²) < 4.78 is 0. The molecule has 0 bridgehead atoms. The summed E-state index contributed by atoms with van der Waals surface area (Å²) in [7, 11) is 0. The van der Waals surface area contributed by atoms with Gasteiger partial charge in [-0.15, -0.1) is 0 Å². The summed E-state index contributed by atoms with van der Waals surface area (Å²) >= 11 is 0. The van der Waals surface area contributed by atoms with Crippen LogP contribution in [-0.2, 0) is 6.54 Å². The number of hydrogen-bond donors (Lipinski definition) is 2. The van der Waals surface area contributed by atoms with E-state index < -0.39 is 0 Å². The van der Waals surface area contributed by atoms with Crippen LogP contribution in [0.3, 0.4) is 0 Å². The molecule has 1 unspecified atom stereocenters. The van der Waals surface area contributed by atoms with Gasteiger partial charge in [0, 0.05) is 43.7 Å². The highest BCUT2D eigenvalue weighted by Gasteiger charge is 2.33. The molecule has 0 spiro atoms. The number of nitrogens with one attached hydrogen (secondary N) is 2. The Labute approximate surface area is 93.0 Å². The molecule has 1 fully saturated rings. The molecule has 1 aromatic rings. The second-order valence-electron chi connectivity index (χ2n) is 4.42. The Bertz CT molecular complexity index is 443. The van der Waals surface area contributed by atoms with Gasteiger partial charge in [-0.25, -0.2) is 0 Å². The molecule has 0 amide bonds. The molecule has 1 atom stereocenters. The monoisotopic (exact) mass is 219 g/mol. The minimum Gasteiger partial charge on any atom is -0.316 e. The Balaban J connectivity index is 1.92. The van der Waals surface area contributed by atoms with E-state index in [2.05, 4.69) is 10.6 Å². The number of non-ortho nitro benzene ring substituents is 1. The molecule has 84 valence electrons. The Hall–Kier alpha value is -1.46. The minimum atomic E-state index is -0.335. The van der Waals surface area contributed by atoms with Gasteiger partial charge in [0.05, 0.1) is 4.92 Å². The van der Waals surface area contributed by atoms with Crippen molar-refractivity contribution in [1.82, 2.24) is 10.6 Å². The zero-order chi connectivity index (χ0) is 11.1. The van der Waals surface area contributed by atoms with Crippen molar-refractivity contribution < 1.29 is 4.92 Å². The zero-order valence-corrected chi connectivity index (χ0v) is 8.77. The first kappa shape index (κ1) is 9.74. The highest BCUT2D eigenvalue weighted by Crippen LogP contribution is 2.34. The van der Waals surface area contributed by atoms with Crippen LogP contribution in [-0.4, -0.2) is 18.0 Å². The van der Waals surface area contributed by atoms with Crippen molar-refractivity contribution in [3.63, 3.8) is 0 Å². The first-order valence-electron chi connectivity index (χ1n) is 5.47. The van der Waals surface area contributed by atoms with Crippen LogP contribution in [0.15, 0.2) is 18.2 Å². The first-order valence-corrected chi connectivity index (χ1v) is 5.47. The molecule has 3 rings (SSSR count). The fraction of sp³-hybridized carbons (Fsp3) is 0.455. The average molecular weight is 219 g/mol. The molecule has 5 heteroatoms. The second kappa shape index (κ2) is 3.54. The Morgan fingerprint density at radius 1 is 1.38 bits per heavy atom. The smallest absolute Gasteiger partial charge is 0.269 e. The maximum absolute atomic E-state index is 10.7. The SMILES string of the molecule is O=[N+]([O-])c1ccc2c(c1)CNC2C1CNC1. The van der Waals surface area contributed by atoms with E-state index in [1.54, 1.807) is 12.1 Å². The number of fused-ring (bicyclic) bond motifs is 1. The molecule has 2 heterocycles. The van der Waals surface area contributed by atoms with Gasteiger partial charge in [-0.1, -0.05) is 6.07 Å². The Kier molecular flexibility index (Phi) is 2.15. The van der Waals surface area contributed by atoms with Crippen LogP contribution in [0.4, 0.5) is 5.69 Å². The molecule has 1 saturated heterocycles. The van der Waals surface area contributed by atoms with Crippen molar-refractivity contribution in [1.29, 1.82) is 0 Å². The van der Waals surface area contributed by atoms with Gasteiger partial charge in [0.1, 0.15) is 0 Å². The summed E-state index contributed by atoms with van der Waals surface area (Å²) in [5, 5.41) is 17.3. The lowest BCUT2D eigenvalue weighted by atomic mass is 9.89. The van der Waals surface area contributed by atoms with Crippen molar-refractivity contribution in [3.05, 3.63) is 39.4 Å². The van der Waals surface area contributed by atoms with Crippen molar-refractivity contribution in [3.8, 4) is 0 Å². The summed E-state index contributed by atoms with van der Waals surface area (Å²) in [5.74, 6) is 0.628. The predicted molar refractivity (Wildman–Crippen MR) is 59.0 cm³/mol. The van der Waals surface area contributed by atoms with E-state index in [0.717, 1.165) is 25.2 Å². The van der Waals surface area contributed by atoms with E-state index in [0.29, 0.717) is 12.0 Å². The number of nitro benzene ring substituents is 1. The molecule has 2 aliphatic heterocycles.